The molecule has 0 aromatic heterocycles. The first kappa shape index (κ1) is 20.5. The van der Waals surface area contributed by atoms with Crippen LogP contribution in [0, 0.1) is 13.8 Å². The Morgan fingerprint density at radius 1 is 1.00 bits per heavy atom. The van der Waals surface area contributed by atoms with Gasteiger partial charge >= 0.3 is 5.97 Å². The summed E-state index contributed by atoms with van der Waals surface area (Å²) < 4.78 is 10.4. The zero-order chi connectivity index (χ0) is 19.8. The molecule has 0 radical (unpaired) electrons. The van der Waals surface area contributed by atoms with Gasteiger partial charge in [0.05, 0.1) is 6.04 Å². The first-order valence-corrected chi connectivity index (χ1v) is 9.12. The Balaban J connectivity index is 1.74. The Bertz CT molecular complexity index is 763. The smallest absolute Gasteiger partial charge is 0.344 e. The maximum absolute atomic E-state index is 12.0. The molecule has 0 heterocycles. The molecular weight excluding hydrogens is 342 g/mol. The minimum absolute atomic E-state index is 0.159. The van der Waals surface area contributed by atoms with Crippen molar-refractivity contribution in [3.8, 4) is 5.75 Å². The predicted molar refractivity (Wildman–Crippen MR) is 105 cm³/mol. The van der Waals surface area contributed by atoms with Gasteiger partial charge in [-0.2, -0.15) is 0 Å². The zero-order valence-corrected chi connectivity index (χ0v) is 16.4. The molecule has 0 saturated carbocycles. The molecule has 1 N–H and O–H groups in total. The van der Waals surface area contributed by atoms with Crippen molar-refractivity contribution < 1.29 is 19.1 Å². The van der Waals surface area contributed by atoms with E-state index in [2.05, 4.69) is 12.2 Å². The van der Waals surface area contributed by atoms with Crippen molar-refractivity contribution in [2.45, 2.75) is 40.2 Å². The Kier molecular flexibility index (Phi) is 7.41. The molecule has 2 aromatic carbocycles. The lowest BCUT2D eigenvalue weighted by atomic mass is 10.1. The summed E-state index contributed by atoms with van der Waals surface area (Å²) in [5, 5.41) is 2.82. The Morgan fingerprint density at radius 3 is 2.22 bits per heavy atom. The summed E-state index contributed by atoms with van der Waals surface area (Å²) >= 11 is 0. The van der Waals surface area contributed by atoms with Crippen LogP contribution in [-0.2, 0) is 20.7 Å². The van der Waals surface area contributed by atoms with Gasteiger partial charge in [-0.1, -0.05) is 37.3 Å². The van der Waals surface area contributed by atoms with E-state index in [0.29, 0.717) is 5.75 Å². The third kappa shape index (κ3) is 6.77. The lowest BCUT2D eigenvalue weighted by Crippen LogP contribution is -2.31. The number of rotatable bonds is 8. The number of benzene rings is 2. The van der Waals surface area contributed by atoms with Crippen LogP contribution in [0.3, 0.4) is 0 Å². The largest absolute Gasteiger partial charge is 0.482 e. The van der Waals surface area contributed by atoms with Gasteiger partial charge in [0, 0.05) is 0 Å². The summed E-state index contributed by atoms with van der Waals surface area (Å²) in [6, 6.07) is 13.6. The number of amides is 1. The van der Waals surface area contributed by atoms with E-state index in [1.54, 1.807) is 0 Å². The molecule has 0 bridgehead atoms. The second-order valence-corrected chi connectivity index (χ2v) is 6.66. The monoisotopic (exact) mass is 369 g/mol. The van der Waals surface area contributed by atoms with Gasteiger partial charge in [0.1, 0.15) is 5.75 Å². The Morgan fingerprint density at radius 2 is 1.63 bits per heavy atom. The van der Waals surface area contributed by atoms with E-state index in [1.807, 2.05) is 63.2 Å². The molecule has 0 aliphatic rings. The number of esters is 1. The summed E-state index contributed by atoms with van der Waals surface area (Å²) in [6.07, 6.45) is 0.973. The molecular formula is C22H27NO4. The molecule has 0 aliphatic carbocycles. The first-order chi connectivity index (χ1) is 12.9. The van der Waals surface area contributed by atoms with E-state index in [9.17, 15) is 9.59 Å². The average molecular weight is 369 g/mol. The molecule has 0 aliphatic heterocycles. The summed E-state index contributed by atoms with van der Waals surface area (Å²) in [6.45, 7) is 7.35. The van der Waals surface area contributed by atoms with E-state index < -0.39 is 5.97 Å². The molecule has 0 fully saturated rings. The summed E-state index contributed by atoms with van der Waals surface area (Å²) in [5.74, 6) is -0.316. The molecule has 27 heavy (non-hydrogen) atoms. The quantitative estimate of drug-likeness (QED) is 0.721. The number of nitrogens with one attached hydrogen (secondary N) is 1. The number of hydrogen-bond acceptors (Lipinski definition) is 4. The average Bonchev–Trinajstić information content (AvgIpc) is 2.64. The van der Waals surface area contributed by atoms with Gasteiger partial charge < -0.3 is 14.8 Å². The minimum Gasteiger partial charge on any atom is -0.482 e. The van der Waals surface area contributed by atoms with Crippen molar-refractivity contribution in [2.24, 2.45) is 0 Å². The van der Waals surface area contributed by atoms with Crippen LogP contribution in [0.25, 0.3) is 0 Å². The maximum atomic E-state index is 12.0. The Labute approximate surface area is 160 Å². The fourth-order valence-electron chi connectivity index (χ4n) is 2.75. The number of carbonyl (C=O) groups is 2. The topological polar surface area (TPSA) is 64.6 Å². The van der Waals surface area contributed by atoms with Crippen LogP contribution in [0.2, 0.25) is 0 Å². The maximum Gasteiger partial charge on any atom is 0.344 e. The fourth-order valence-corrected chi connectivity index (χ4v) is 2.75. The second kappa shape index (κ2) is 9.76. The van der Waals surface area contributed by atoms with E-state index in [1.165, 1.54) is 5.56 Å². The Hall–Kier alpha value is -2.82. The van der Waals surface area contributed by atoms with Crippen molar-refractivity contribution in [1.29, 1.82) is 0 Å². The molecule has 1 amide bonds. The highest BCUT2D eigenvalue weighted by molar-refractivity contribution is 5.81. The molecule has 0 unspecified atom stereocenters. The van der Waals surface area contributed by atoms with Gasteiger partial charge in [0.15, 0.2) is 13.2 Å². The van der Waals surface area contributed by atoms with Crippen LogP contribution in [0.1, 0.15) is 42.1 Å². The summed E-state index contributed by atoms with van der Waals surface area (Å²) in [4.78, 5) is 23.8. The van der Waals surface area contributed by atoms with Crippen molar-refractivity contribution in [3.63, 3.8) is 0 Å². The molecule has 2 aromatic rings. The van der Waals surface area contributed by atoms with E-state index >= 15 is 0 Å². The molecule has 5 nitrogen and oxygen atoms in total. The third-order valence-corrected chi connectivity index (χ3v) is 4.18. The summed E-state index contributed by atoms with van der Waals surface area (Å²) in [5.41, 5.74) is 4.36. The van der Waals surface area contributed by atoms with Crippen LogP contribution < -0.4 is 10.1 Å². The summed E-state index contributed by atoms with van der Waals surface area (Å²) in [7, 11) is 0. The van der Waals surface area contributed by atoms with E-state index in [-0.39, 0.29) is 25.2 Å². The fraction of sp³-hybridized carbons (Fsp3) is 0.364. The predicted octanol–water partition coefficient (Wildman–Crippen LogP) is 3.67. The molecule has 144 valence electrons. The zero-order valence-electron chi connectivity index (χ0n) is 16.4. The van der Waals surface area contributed by atoms with Gasteiger partial charge in [-0.05, 0) is 61.6 Å². The highest BCUT2D eigenvalue weighted by atomic mass is 16.6. The third-order valence-electron chi connectivity index (χ3n) is 4.18. The van der Waals surface area contributed by atoms with Crippen LogP contribution in [-0.4, -0.2) is 25.1 Å². The van der Waals surface area contributed by atoms with Crippen molar-refractivity contribution in [2.75, 3.05) is 13.2 Å². The lowest BCUT2D eigenvalue weighted by molar-refractivity contribution is -0.150. The standard InChI is InChI=1S/C22H27NO4/c1-5-18-6-8-19(9-7-18)17(4)23-21(24)13-27-22(25)14-26-20-11-15(2)10-16(3)12-20/h6-12,17H,5,13-14H2,1-4H3,(H,23,24)/t17-/m1/s1. The van der Waals surface area contributed by atoms with Gasteiger partial charge in [-0.3, -0.25) is 4.79 Å². The van der Waals surface area contributed by atoms with Crippen LogP contribution in [0.5, 0.6) is 5.75 Å². The van der Waals surface area contributed by atoms with Crippen molar-refractivity contribution in [3.05, 3.63) is 64.7 Å². The highest BCUT2D eigenvalue weighted by Gasteiger charge is 2.12. The van der Waals surface area contributed by atoms with Crippen molar-refractivity contribution in [1.82, 2.24) is 5.32 Å². The SMILES string of the molecule is CCc1ccc([C@@H](C)NC(=O)COC(=O)COc2cc(C)cc(C)c2)cc1. The van der Waals surface area contributed by atoms with Gasteiger partial charge in [-0.25, -0.2) is 4.79 Å². The normalized spacial score (nSPS) is 11.6. The van der Waals surface area contributed by atoms with E-state index in [4.69, 9.17) is 9.47 Å². The minimum atomic E-state index is -0.579. The van der Waals surface area contributed by atoms with Gasteiger partial charge in [0.25, 0.3) is 5.91 Å². The molecule has 2 rings (SSSR count). The van der Waals surface area contributed by atoms with Crippen LogP contribution >= 0.6 is 0 Å². The van der Waals surface area contributed by atoms with Crippen LogP contribution in [0.15, 0.2) is 42.5 Å². The first-order valence-electron chi connectivity index (χ1n) is 9.12. The van der Waals surface area contributed by atoms with Crippen LogP contribution in [0.4, 0.5) is 0 Å². The number of ether oxygens (including phenoxy) is 2. The number of hydrogen-bond donors (Lipinski definition) is 1. The van der Waals surface area contributed by atoms with Gasteiger partial charge in [0.2, 0.25) is 0 Å². The number of carbonyl (C=O) groups excluding carboxylic acids is 2. The second-order valence-electron chi connectivity index (χ2n) is 6.66. The van der Waals surface area contributed by atoms with E-state index in [0.717, 1.165) is 23.1 Å². The molecule has 1 atom stereocenters. The molecule has 0 saturated heterocycles. The van der Waals surface area contributed by atoms with Crippen molar-refractivity contribution >= 4 is 11.9 Å². The molecule has 5 heteroatoms. The molecule has 0 spiro atoms. The lowest BCUT2D eigenvalue weighted by Gasteiger charge is -2.15. The highest BCUT2D eigenvalue weighted by Crippen LogP contribution is 2.16. The number of aryl methyl sites for hydroxylation is 3. The van der Waals surface area contributed by atoms with Gasteiger partial charge in [-0.15, -0.1) is 0 Å².